The molecule has 0 spiro atoms. The monoisotopic (exact) mass is 554 g/mol. The molecular formula is C38H22N2OS. The largest absolute Gasteiger partial charge is 0.455 e. The summed E-state index contributed by atoms with van der Waals surface area (Å²) in [4.78, 5) is 2.57. The first-order chi connectivity index (χ1) is 20.8. The number of hydrogen-bond acceptors (Lipinski definition) is 2. The fraction of sp³-hybridized carbons (Fsp3) is 0. The van der Waals surface area contributed by atoms with E-state index in [1.165, 1.54) is 48.3 Å². The molecule has 10 rings (SSSR count). The van der Waals surface area contributed by atoms with Crippen LogP contribution in [0.5, 0.6) is 0 Å². The summed E-state index contributed by atoms with van der Waals surface area (Å²) in [5.41, 5.74) is 10.1. The molecule has 3 nitrogen and oxygen atoms in total. The molecular weight excluding hydrogens is 532 g/mol. The SMILES string of the molecule is c1cc(-c2cccc3c2oc2ccccc23)cc(-n2c3ccccc3c3c4cccc5c4n(c32)-c2ccccc2S5)c1. The molecule has 1 aliphatic heterocycles. The number of benzene rings is 6. The topological polar surface area (TPSA) is 23.0 Å². The second-order valence-corrected chi connectivity index (χ2v) is 12.0. The van der Waals surface area contributed by atoms with Gasteiger partial charge >= 0.3 is 0 Å². The third-order valence-corrected chi connectivity index (χ3v) is 9.81. The van der Waals surface area contributed by atoms with Crippen molar-refractivity contribution in [1.29, 1.82) is 0 Å². The van der Waals surface area contributed by atoms with Crippen LogP contribution in [-0.2, 0) is 0 Å². The lowest BCUT2D eigenvalue weighted by Crippen LogP contribution is -2.05. The minimum absolute atomic E-state index is 0.917. The maximum atomic E-state index is 6.43. The second kappa shape index (κ2) is 8.19. The number of nitrogens with zero attached hydrogens (tertiary/aromatic N) is 2. The van der Waals surface area contributed by atoms with Gasteiger partial charge in [-0.05, 0) is 48.0 Å². The summed E-state index contributed by atoms with van der Waals surface area (Å²) >= 11 is 1.86. The molecule has 6 aromatic carbocycles. The van der Waals surface area contributed by atoms with Crippen molar-refractivity contribution >= 4 is 66.5 Å². The Bertz CT molecular complexity index is 2560. The van der Waals surface area contributed by atoms with E-state index in [1.54, 1.807) is 0 Å². The average Bonchev–Trinajstić information content (AvgIpc) is 3.70. The first-order valence-corrected chi connectivity index (χ1v) is 15.0. The minimum Gasteiger partial charge on any atom is -0.455 e. The summed E-state index contributed by atoms with van der Waals surface area (Å²) < 4.78 is 11.4. The number of fused-ring (bicyclic) bond motifs is 10. The number of furan rings is 1. The van der Waals surface area contributed by atoms with Crippen molar-refractivity contribution in [1.82, 2.24) is 9.13 Å². The van der Waals surface area contributed by atoms with Crippen LogP contribution in [0.4, 0.5) is 0 Å². The molecule has 0 N–H and O–H groups in total. The van der Waals surface area contributed by atoms with Gasteiger partial charge in [-0.3, -0.25) is 9.13 Å². The zero-order chi connectivity index (χ0) is 27.4. The number of aromatic nitrogens is 2. The highest BCUT2D eigenvalue weighted by molar-refractivity contribution is 7.99. The fourth-order valence-corrected chi connectivity index (χ4v) is 8.07. The molecule has 0 atom stereocenters. The van der Waals surface area contributed by atoms with E-state index in [9.17, 15) is 0 Å². The summed E-state index contributed by atoms with van der Waals surface area (Å²) in [6, 6.07) is 47.9. The lowest BCUT2D eigenvalue weighted by atomic mass is 10.0. The van der Waals surface area contributed by atoms with Crippen molar-refractivity contribution in [2.75, 3.05) is 0 Å². The molecule has 4 heteroatoms. The van der Waals surface area contributed by atoms with Gasteiger partial charge in [0.05, 0.1) is 16.7 Å². The molecule has 0 aliphatic carbocycles. The van der Waals surface area contributed by atoms with Gasteiger partial charge in [-0.25, -0.2) is 0 Å². The first-order valence-electron chi connectivity index (χ1n) is 14.2. The van der Waals surface area contributed by atoms with E-state index in [4.69, 9.17) is 4.42 Å². The van der Waals surface area contributed by atoms with E-state index in [-0.39, 0.29) is 0 Å². The Hall–Kier alpha value is -5.19. The third kappa shape index (κ3) is 2.87. The Balaban J connectivity index is 1.32. The Morgan fingerprint density at radius 3 is 2.26 bits per heavy atom. The summed E-state index contributed by atoms with van der Waals surface area (Å²) in [7, 11) is 0. The molecule has 0 bridgehead atoms. The fourth-order valence-electron chi connectivity index (χ4n) is 6.98. The zero-order valence-electron chi connectivity index (χ0n) is 22.4. The lowest BCUT2D eigenvalue weighted by molar-refractivity contribution is 0.670. The van der Waals surface area contributed by atoms with Gasteiger partial charge < -0.3 is 4.42 Å². The van der Waals surface area contributed by atoms with Crippen molar-refractivity contribution in [3.63, 3.8) is 0 Å². The molecule has 1 aliphatic rings. The van der Waals surface area contributed by atoms with Crippen LogP contribution in [0.2, 0.25) is 0 Å². The van der Waals surface area contributed by atoms with Crippen molar-refractivity contribution in [3.8, 4) is 22.5 Å². The summed E-state index contributed by atoms with van der Waals surface area (Å²) in [6.45, 7) is 0. The summed E-state index contributed by atoms with van der Waals surface area (Å²) in [6.07, 6.45) is 0. The quantitative estimate of drug-likeness (QED) is 0.212. The maximum Gasteiger partial charge on any atom is 0.143 e. The number of rotatable bonds is 2. The van der Waals surface area contributed by atoms with Gasteiger partial charge in [-0.1, -0.05) is 103 Å². The highest BCUT2D eigenvalue weighted by Gasteiger charge is 2.27. The molecule has 0 radical (unpaired) electrons. The Morgan fingerprint density at radius 2 is 1.29 bits per heavy atom. The normalized spacial score (nSPS) is 12.7. The van der Waals surface area contributed by atoms with Crippen molar-refractivity contribution in [2.45, 2.75) is 9.79 Å². The summed E-state index contributed by atoms with van der Waals surface area (Å²) in [5.74, 6) is 0. The predicted octanol–water partition coefficient (Wildman–Crippen LogP) is 10.8. The summed E-state index contributed by atoms with van der Waals surface area (Å²) in [5, 5.41) is 6.15. The van der Waals surface area contributed by atoms with Gasteiger partial charge in [0.25, 0.3) is 0 Å². The van der Waals surface area contributed by atoms with Gasteiger partial charge in [0, 0.05) is 48.0 Å². The highest BCUT2D eigenvalue weighted by atomic mass is 32.2. The Morgan fingerprint density at radius 1 is 0.548 bits per heavy atom. The molecule has 196 valence electrons. The first kappa shape index (κ1) is 22.5. The molecule has 9 aromatic rings. The van der Waals surface area contributed by atoms with Gasteiger partial charge in [0.15, 0.2) is 0 Å². The van der Waals surface area contributed by atoms with Crippen LogP contribution in [0.15, 0.2) is 148 Å². The van der Waals surface area contributed by atoms with Crippen molar-refractivity contribution < 1.29 is 4.42 Å². The number of hydrogen-bond donors (Lipinski definition) is 0. The smallest absolute Gasteiger partial charge is 0.143 e. The Labute approximate surface area is 245 Å². The van der Waals surface area contributed by atoms with E-state index in [1.807, 2.05) is 23.9 Å². The number of para-hydroxylation sites is 5. The van der Waals surface area contributed by atoms with Crippen LogP contribution in [0.1, 0.15) is 0 Å². The van der Waals surface area contributed by atoms with Gasteiger partial charge in [-0.15, -0.1) is 0 Å². The average molecular weight is 555 g/mol. The van der Waals surface area contributed by atoms with Gasteiger partial charge in [0.2, 0.25) is 0 Å². The van der Waals surface area contributed by atoms with Gasteiger partial charge in [-0.2, -0.15) is 0 Å². The minimum atomic E-state index is 0.917. The van der Waals surface area contributed by atoms with Crippen molar-refractivity contribution in [3.05, 3.63) is 133 Å². The van der Waals surface area contributed by atoms with E-state index < -0.39 is 0 Å². The van der Waals surface area contributed by atoms with Crippen LogP contribution >= 0.6 is 11.8 Å². The zero-order valence-corrected chi connectivity index (χ0v) is 23.2. The molecule has 0 fully saturated rings. The molecule has 4 heterocycles. The van der Waals surface area contributed by atoms with Gasteiger partial charge in [0.1, 0.15) is 16.8 Å². The van der Waals surface area contributed by atoms with E-state index in [0.29, 0.717) is 0 Å². The highest BCUT2D eigenvalue weighted by Crippen LogP contribution is 2.49. The molecule has 0 unspecified atom stereocenters. The van der Waals surface area contributed by atoms with Crippen LogP contribution in [0, 0.1) is 0 Å². The van der Waals surface area contributed by atoms with Crippen LogP contribution in [-0.4, -0.2) is 9.13 Å². The maximum absolute atomic E-state index is 6.43. The second-order valence-electron chi connectivity index (χ2n) is 10.9. The molecule has 0 saturated heterocycles. The van der Waals surface area contributed by atoms with E-state index >= 15 is 0 Å². The standard InChI is InChI=1S/C38H22N2OS/c1-3-17-30-28(13-1)35-29-16-9-21-34-36(29)40(31-18-4-6-20-33(31)42-34)38(35)39(30)24-11-7-10-23(22-24)25-14-8-15-27-26-12-2-5-19-32(26)41-37(25)27/h1-22H. The predicted molar refractivity (Wildman–Crippen MR) is 174 cm³/mol. The van der Waals surface area contributed by atoms with Crippen LogP contribution in [0.3, 0.4) is 0 Å². The van der Waals surface area contributed by atoms with Crippen molar-refractivity contribution in [2.24, 2.45) is 0 Å². The van der Waals surface area contributed by atoms with E-state index in [2.05, 4.69) is 130 Å². The lowest BCUT2D eigenvalue weighted by Gasteiger charge is -2.21. The molecule has 0 amide bonds. The van der Waals surface area contributed by atoms with Crippen LogP contribution < -0.4 is 0 Å². The van der Waals surface area contributed by atoms with E-state index in [0.717, 1.165) is 38.8 Å². The third-order valence-electron chi connectivity index (χ3n) is 8.70. The molecule has 42 heavy (non-hydrogen) atoms. The Kier molecular flexibility index (Phi) is 4.38. The molecule has 0 saturated carbocycles. The molecule has 3 aromatic heterocycles. The van der Waals surface area contributed by atoms with Crippen LogP contribution in [0.25, 0.3) is 77.3 Å².